The first-order valence-corrected chi connectivity index (χ1v) is 4.53. The Balaban J connectivity index is -0.000000720. The number of hydrogen-bond donors (Lipinski definition) is 0. The molecule has 0 radical (unpaired) electrons. The van der Waals surface area contributed by atoms with Crippen molar-refractivity contribution in [3.63, 3.8) is 0 Å². The molecule has 0 fully saturated rings. The third kappa shape index (κ3) is 7.65. The van der Waals surface area contributed by atoms with Crippen LogP contribution in [0.25, 0.3) is 0 Å². The Morgan fingerprint density at radius 2 is 0.867 bits per heavy atom. The zero-order valence-electron chi connectivity index (χ0n) is 8.82. The lowest BCUT2D eigenvalue weighted by Crippen LogP contribution is -2.48. The van der Waals surface area contributed by atoms with E-state index in [9.17, 15) is 0 Å². The van der Waals surface area contributed by atoms with Crippen LogP contribution in [-0.2, 0) is 0 Å². The van der Waals surface area contributed by atoms with Gasteiger partial charge in [-0.25, -0.2) is 0 Å². The monoisotopic (exact) mass is 244 g/mol. The summed E-state index contributed by atoms with van der Waals surface area (Å²) in [4.78, 5) is 0. The third-order valence-electron chi connectivity index (χ3n) is 2.07. The SMILES string of the molecule is C=CC[N+](CC=C)(CC=C)CC=C.Cl.[AlH3]. The van der Waals surface area contributed by atoms with Crippen molar-refractivity contribution in [2.45, 2.75) is 0 Å². The quantitative estimate of drug-likeness (QED) is 0.347. The van der Waals surface area contributed by atoms with Gasteiger partial charge in [0.2, 0.25) is 0 Å². The van der Waals surface area contributed by atoms with E-state index >= 15 is 0 Å². The molecule has 0 atom stereocenters. The van der Waals surface area contributed by atoms with E-state index in [2.05, 4.69) is 26.3 Å². The van der Waals surface area contributed by atoms with Crippen LogP contribution in [0.2, 0.25) is 0 Å². The van der Waals surface area contributed by atoms with E-state index in [0.29, 0.717) is 0 Å². The van der Waals surface area contributed by atoms with Crippen LogP contribution in [0, 0.1) is 0 Å². The van der Waals surface area contributed by atoms with Crippen molar-refractivity contribution >= 4 is 29.8 Å². The summed E-state index contributed by atoms with van der Waals surface area (Å²) < 4.78 is 0.903. The Morgan fingerprint density at radius 3 is 1.00 bits per heavy atom. The molecule has 0 spiro atoms. The van der Waals surface area contributed by atoms with Crippen molar-refractivity contribution in [2.75, 3.05) is 26.2 Å². The highest BCUT2D eigenvalue weighted by Gasteiger charge is 2.20. The molecule has 0 aromatic heterocycles. The summed E-state index contributed by atoms with van der Waals surface area (Å²) in [5, 5.41) is 0. The van der Waals surface area contributed by atoms with Crippen LogP contribution in [0.1, 0.15) is 0 Å². The van der Waals surface area contributed by atoms with E-state index in [4.69, 9.17) is 0 Å². The molecular formula is C12H24AlClN+. The molecule has 0 heterocycles. The minimum Gasteiger partial charge on any atom is -0.311 e. The van der Waals surface area contributed by atoms with Gasteiger partial charge in [-0.05, 0) is 24.3 Å². The summed E-state index contributed by atoms with van der Waals surface area (Å²) in [7, 11) is 0. The Kier molecular flexibility index (Phi) is 15.9. The molecule has 0 amide bonds. The molecule has 0 unspecified atom stereocenters. The van der Waals surface area contributed by atoms with Gasteiger partial charge in [0.1, 0.15) is 0 Å². The summed E-state index contributed by atoms with van der Waals surface area (Å²) in [5.41, 5.74) is 0. The van der Waals surface area contributed by atoms with Gasteiger partial charge in [0, 0.05) is 0 Å². The summed E-state index contributed by atoms with van der Waals surface area (Å²) in [6.45, 7) is 18.8. The molecule has 86 valence electrons. The van der Waals surface area contributed by atoms with E-state index in [0.717, 1.165) is 30.7 Å². The van der Waals surface area contributed by atoms with Gasteiger partial charge in [-0.3, -0.25) is 0 Å². The Labute approximate surface area is 111 Å². The second-order valence-electron chi connectivity index (χ2n) is 3.23. The van der Waals surface area contributed by atoms with Gasteiger partial charge in [0.05, 0.1) is 26.2 Å². The Bertz CT molecular complexity index is 156. The number of halogens is 1. The van der Waals surface area contributed by atoms with Crippen molar-refractivity contribution in [3.05, 3.63) is 50.6 Å². The normalized spacial score (nSPS) is 9.07. The topological polar surface area (TPSA) is 0 Å². The molecule has 0 saturated carbocycles. The number of nitrogens with zero attached hydrogens (tertiary/aromatic N) is 1. The maximum atomic E-state index is 3.77. The van der Waals surface area contributed by atoms with Crippen LogP contribution >= 0.6 is 12.4 Å². The average molecular weight is 245 g/mol. The smallest absolute Gasteiger partial charge is 0.187 e. The third-order valence-corrected chi connectivity index (χ3v) is 2.07. The number of quaternary nitrogens is 1. The summed E-state index contributed by atoms with van der Waals surface area (Å²) >= 11 is 0. The minimum atomic E-state index is 0. The maximum absolute atomic E-state index is 3.77. The van der Waals surface area contributed by atoms with Crippen molar-refractivity contribution in [3.8, 4) is 0 Å². The summed E-state index contributed by atoms with van der Waals surface area (Å²) in [5.74, 6) is 0. The molecule has 0 saturated heterocycles. The fraction of sp³-hybridized carbons (Fsp3) is 0.333. The standard InChI is InChI=1S/C12H20N.Al.ClH.3H/c1-5-9-13(10-6-2,11-7-3)12-8-4;;;;;/h5-8H,1-4,9-12H2;;1H;;;/q+1;;;;;. The second-order valence-corrected chi connectivity index (χ2v) is 3.23. The van der Waals surface area contributed by atoms with Gasteiger partial charge >= 0.3 is 0 Å². The Hall–Kier alpha value is -0.258. The van der Waals surface area contributed by atoms with Gasteiger partial charge in [-0.2, -0.15) is 0 Å². The number of rotatable bonds is 8. The summed E-state index contributed by atoms with van der Waals surface area (Å²) in [6.07, 6.45) is 7.76. The van der Waals surface area contributed by atoms with E-state index in [1.54, 1.807) is 0 Å². The largest absolute Gasteiger partial charge is 0.311 e. The molecule has 15 heavy (non-hydrogen) atoms. The average Bonchev–Trinajstić information content (AvgIpc) is 2.06. The molecule has 0 N–H and O–H groups in total. The minimum absolute atomic E-state index is 0. The molecule has 0 rings (SSSR count). The zero-order valence-corrected chi connectivity index (χ0v) is 9.64. The van der Waals surface area contributed by atoms with Gasteiger partial charge in [0.25, 0.3) is 0 Å². The van der Waals surface area contributed by atoms with Crippen LogP contribution in [0.3, 0.4) is 0 Å². The van der Waals surface area contributed by atoms with Crippen LogP contribution in [-0.4, -0.2) is 48.0 Å². The maximum Gasteiger partial charge on any atom is 0.187 e. The van der Waals surface area contributed by atoms with E-state index in [-0.39, 0.29) is 29.8 Å². The first-order chi connectivity index (χ1) is 6.24. The second kappa shape index (κ2) is 11.8. The lowest BCUT2D eigenvalue weighted by Gasteiger charge is -2.35. The molecule has 0 aliphatic rings. The lowest BCUT2D eigenvalue weighted by molar-refractivity contribution is -0.906. The van der Waals surface area contributed by atoms with E-state index in [1.165, 1.54) is 0 Å². The fourth-order valence-electron chi connectivity index (χ4n) is 1.54. The van der Waals surface area contributed by atoms with Crippen molar-refractivity contribution in [1.29, 1.82) is 0 Å². The molecule has 0 aromatic carbocycles. The lowest BCUT2D eigenvalue weighted by atomic mass is 10.3. The van der Waals surface area contributed by atoms with Crippen molar-refractivity contribution < 1.29 is 4.48 Å². The molecule has 3 heteroatoms. The molecule has 0 bridgehead atoms. The predicted molar refractivity (Wildman–Crippen MR) is 77.7 cm³/mol. The van der Waals surface area contributed by atoms with Gasteiger partial charge < -0.3 is 4.48 Å². The molecule has 1 nitrogen and oxygen atoms in total. The fourth-order valence-corrected chi connectivity index (χ4v) is 1.54. The first kappa shape index (κ1) is 20.2. The van der Waals surface area contributed by atoms with Gasteiger partial charge in [-0.1, -0.05) is 26.3 Å². The van der Waals surface area contributed by atoms with Crippen LogP contribution in [0.5, 0.6) is 0 Å². The highest BCUT2D eigenvalue weighted by atomic mass is 35.5. The van der Waals surface area contributed by atoms with Gasteiger partial charge in [-0.15, -0.1) is 12.4 Å². The summed E-state index contributed by atoms with van der Waals surface area (Å²) in [6, 6.07) is 0. The zero-order chi connectivity index (χ0) is 10.2. The highest BCUT2D eigenvalue weighted by Crippen LogP contribution is 2.07. The van der Waals surface area contributed by atoms with E-state index in [1.807, 2.05) is 24.3 Å². The Morgan fingerprint density at radius 1 is 0.667 bits per heavy atom. The van der Waals surface area contributed by atoms with E-state index < -0.39 is 0 Å². The molecule has 0 aliphatic heterocycles. The van der Waals surface area contributed by atoms with Gasteiger partial charge in [0.15, 0.2) is 17.4 Å². The van der Waals surface area contributed by atoms with Crippen molar-refractivity contribution in [2.24, 2.45) is 0 Å². The highest BCUT2D eigenvalue weighted by molar-refractivity contribution is 5.85. The van der Waals surface area contributed by atoms with Crippen LogP contribution in [0.4, 0.5) is 0 Å². The predicted octanol–water partition coefficient (Wildman–Crippen LogP) is 1.79. The van der Waals surface area contributed by atoms with Crippen LogP contribution < -0.4 is 0 Å². The number of hydrogen-bond acceptors (Lipinski definition) is 0. The molecule has 0 aliphatic carbocycles. The molecule has 0 aromatic rings. The van der Waals surface area contributed by atoms with Crippen molar-refractivity contribution in [1.82, 2.24) is 0 Å². The molecular weight excluding hydrogens is 221 g/mol. The van der Waals surface area contributed by atoms with Crippen LogP contribution in [0.15, 0.2) is 50.6 Å². The first-order valence-electron chi connectivity index (χ1n) is 4.53.